The number of aliphatic hydroxyl groups is 1. The molecule has 0 bridgehead atoms. The number of methoxy groups -OCH3 is 2. The predicted molar refractivity (Wildman–Crippen MR) is 126 cm³/mol. The van der Waals surface area contributed by atoms with Gasteiger partial charge in [0, 0.05) is 39.0 Å². The lowest BCUT2D eigenvalue weighted by Gasteiger charge is -2.12. The molecule has 1 unspecified atom stereocenters. The molecule has 1 aliphatic carbocycles. The fourth-order valence-corrected chi connectivity index (χ4v) is 2.98. The topological polar surface area (TPSA) is 68.2 Å². The lowest BCUT2D eigenvalue weighted by Crippen LogP contribution is -2.16. The minimum Gasteiger partial charge on any atom is -0.457 e. The lowest BCUT2D eigenvalue weighted by molar-refractivity contribution is 0.105. The summed E-state index contributed by atoms with van der Waals surface area (Å²) >= 11 is 0. The van der Waals surface area contributed by atoms with E-state index in [1.807, 2.05) is 52.2 Å². The molecule has 0 saturated heterocycles. The number of likely N-dealkylation sites (N-methyl/N-ethyl adjacent to an activating group) is 1. The van der Waals surface area contributed by atoms with E-state index < -0.39 is 0 Å². The van der Waals surface area contributed by atoms with E-state index in [9.17, 15) is 4.79 Å². The highest BCUT2D eigenvalue weighted by atomic mass is 16.5. The Morgan fingerprint density at radius 3 is 2.32 bits per heavy atom. The van der Waals surface area contributed by atoms with Crippen molar-refractivity contribution in [3.05, 3.63) is 59.2 Å². The van der Waals surface area contributed by atoms with Crippen LogP contribution in [0.2, 0.25) is 0 Å². The van der Waals surface area contributed by atoms with E-state index in [2.05, 4.69) is 11.0 Å². The van der Waals surface area contributed by atoms with Gasteiger partial charge in [-0.05, 0) is 50.7 Å². The van der Waals surface area contributed by atoms with Gasteiger partial charge in [-0.15, -0.1) is 0 Å². The summed E-state index contributed by atoms with van der Waals surface area (Å²) in [6.07, 6.45) is 2.93. The number of aliphatic hydroxyl groups excluding tert-OH is 1. The number of fused-ring (bicyclic) bond motifs is 1. The molecule has 31 heavy (non-hydrogen) atoms. The smallest absolute Gasteiger partial charge is 0.150 e. The third-order valence-electron chi connectivity index (χ3n) is 4.42. The molecule has 0 heterocycles. The van der Waals surface area contributed by atoms with Crippen molar-refractivity contribution in [1.29, 1.82) is 0 Å². The lowest BCUT2D eigenvalue weighted by atomic mass is 10.1. The molecule has 174 valence electrons. The molecule has 2 aromatic carbocycles. The van der Waals surface area contributed by atoms with Gasteiger partial charge in [0.25, 0.3) is 0 Å². The molecule has 6 heteroatoms. The molecule has 1 atom stereocenters. The number of hydrogen-bond acceptors (Lipinski definition) is 6. The van der Waals surface area contributed by atoms with E-state index in [4.69, 9.17) is 19.3 Å². The second kappa shape index (κ2) is 17.4. The van der Waals surface area contributed by atoms with Crippen molar-refractivity contribution < 1.29 is 24.1 Å². The first-order chi connectivity index (χ1) is 15.1. The molecular formula is C25H39NO5. The quantitative estimate of drug-likeness (QED) is 0.635. The van der Waals surface area contributed by atoms with Gasteiger partial charge in [0.2, 0.25) is 0 Å². The molecule has 6 nitrogen and oxygen atoms in total. The average molecular weight is 434 g/mol. The van der Waals surface area contributed by atoms with Gasteiger partial charge in [0.1, 0.15) is 17.8 Å². The van der Waals surface area contributed by atoms with Gasteiger partial charge in [0.05, 0.1) is 12.7 Å². The summed E-state index contributed by atoms with van der Waals surface area (Å²) < 4.78 is 16.2. The maximum absolute atomic E-state index is 10.8. The monoisotopic (exact) mass is 433 g/mol. The van der Waals surface area contributed by atoms with Crippen molar-refractivity contribution in [3.8, 4) is 11.5 Å². The number of ether oxygens (including phenoxy) is 3. The molecule has 1 aliphatic rings. The highest BCUT2D eigenvalue weighted by Crippen LogP contribution is 2.40. The normalized spacial score (nSPS) is 13.5. The molecule has 0 spiro atoms. The maximum atomic E-state index is 10.8. The molecule has 2 aromatic rings. The third kappa shape index (κ3) is 10.1. The first-order valence-electron chi connectivity index (χ1n) is 10.5. The van der Waals surface area contributed by atoms with Gasteiger partial charge in [-0.1, -0.05) is 38.1 Å². The predicted octanol–water partition coefficient (Wildman–Crippen LogP) is 4.75. The van der Waals surface area contributed by atoms with Crippen LogP contribution in [-0.4, -0.2) is 64.9 Å². The Morgan fingerprint density at radius 1 is 1.10 bits per heavy atom. The highest BCUT2D eigenvalue weighted by molar-refractivity contribution is 5.75. The molecular weight excluding hydrogens is 394 g/mol. The van der Waals surface area contributed by atoms with Crippen LogP contribution in [0.3, 0.4) is 0 Å². The first-order valence-corrected chi connectivity index (χ1v) is 10.5. The molecule has 1 N–H and O–H groups in total. The molecule has 0 amide bonds. The second-order valence-electron chi connectivity index (χ2n) is 6.68. The minimum atomic E-state index is 0.162. The number of carbonyl (C=O) groups is 1. The second-order valence-corrected chi connectivity index (χ2v) is 6.68. The minimum absolute atomic E-state index is 0.162. The van der Waals surface area contributed by atoms with Crippen LogP contribution in [0.25, 0.3) is 0 Å². The zero-order valence-corrected chi connectivity index (χ0v) is 20.1. The standard InChI is InChI=1S/C17H16O3.C5H13NO.C2H6.CH4O/c1-19-16-9-8-15-14(16)6-3-7-17(15)20-13-5-2-4-12(10-13)11-18;1-6(2)4-5-7-3;2*1-2/h2-7,10-11,16H,8-9H2,1H3;4-5H2,1-3H3;1-2H3;2H,1H3. The molecule has 0 saturated carbocycles. The van der Waals surface area contributed by atoms with Crippen LogP contribution < -0.4 is 4.74 Å². The number of benzene rings is 2. The Hall–Kier alpha value is -2.25. The Labute approximate surface area is 187 Å². The van der Waals surface area contributed by atoms with Crippen LogP contribution in [0.5, 0.6) is 11.5 Å². The fourth-order valence-electron chi connectivity index (χ4n) is 2.98. The van der Waals surface area contributed by atoms with Crippen molar-refractivity contribution in [2.24, 2.45) is 0 Å². The Bertz CT molecular complexity index is 734. The Balaban J connectivity index is 0.000000696. The zero-order valence-electron chi connectivity index (χ0n) is 20.1. The van der Waals surface area contributed by atoms with E-state index in [-0.39, 0.29) is 6.10 Å². The summed E-state index contributed by atoms with van der Waals surface area (Å²) in [6, 6.07) is 13.2. The number of hydrogen-bond donors (Lipinski definition) is 1. The first kappa shape index (κ1) is 28.8. The van der Waals surface area contributed by atoms with E-state index in [0.29, 0.717) is 11.3 Å². The van der Waals surface area contributed by atoms with Crippen LogP contribution in [-0.2, 0) is 15.9 Å². The van der Waals surface area contributed by atoms with Crippen LogP contribution in [0.15, 0.2) is 42.5 Å². The van der Waals surface area contributed by atoms with Gasteiger partial charge in [0.15, 0.2) is 0 Å². The summed E-state index contributed by atoms with van der Waals surface area (Å²) in [4.78, 5) is 12.9. The number of aldehydes is 1. The van der Waals surface area contributed by atoms with Gasteiger partial charge in [-0.2, -0.15) is 0 Å². The van der Waals surface area contributed by atoms with Crippen LogP contribution in [0.1, 0.15) is 47.9 Å². The van der Waals surface area contributed by atoms with Crippen molar-refractivity contribution in [1.82, 2.24) is 4.90 Å². The maximum Gasteiger partial charge on any atom is 0.150 e. The summed E-state index contributed by atoms with van der Waals surface area (Å²) in [6.45, 7) is 5.84. The van der Waals surface area contributed by atoms with Crippen molar-refractivity contribution in [2.45, 2.75) is 32.8 Å². The molecule has 0 aromatic heterocycles. The Morgan fingerprint density at radius 2 is 1.77 bits per heavy atom. The summed E-state index contributed by atoms with van der Waals surface area (Å²) in [7, 11) is 8.50. The van der Waals surface area contributed by atoms with Crippen LogP contribution in [0.4, 0.5) is 0 Å². The number of nitrogens with zero attached hydrogens (tertiary/aromatic N) is 1. The number of carbonyl (C=O) groups excluding carboxylic acids is 1. The molecule has 3 rings (SSSR count). The zero-order chi connectivity index (χ0) is 23.6. The van der Waals surface area contributed by atoms with Gasteiger partial charge >= 0.3 is 0 Å². The fraction of sp³-hybridized carbons (Fsp3) is 0.480. The largest absolute Gasteiger partial charge is 0.457 e. The number of rotatable bonds is 7. The van der Waals surface area contributed by atoms with Crippen LogP contribution >= 0.6 is 0 Å². The Kier molecular flexibility index (Phi) is 16.2. The van der Waals surface area contributed by atoms with Crippen LogP contribution in [0, 0.1) is 0 Å². The summed E-state index contributed by atoms with van der Waals surface area (Å²) in [5.41, 5.74) is 3.03. The van der Waals surface area contributed by atoms with Crippen molar-refractivity contribution in [3.63, 3.8) is 0 Å². The SMILES string of the molecule is CC.CO.COC1CCc2c(Oc3cccc(C=O)c3)cccc21.COCCN(C)C. The molecule has 0 radical (unpaired) electrons. The molecule has 0 aliphatic heterocycles. The summed E-state index contributed by atoms with van der Waals surface area (Å²) in [5, 5.41) is 7.00. The van der Waals surface area contributed by atoms with E-state index in [0.717, 1.165) is 45.1 Å². The highest BCUT2D eigenvalue weighted by Gasteiger charge is 2.25. The van der Waals surface area contributed by atoms with E-state index in [1.54, 1.807) is 26.4 Å². The van der Waals surface area contributed by atoms with E-state index in [1.165, 1.54) is 11.1 Å². The molecule has 0 fully saturated rings. The van der Waals surface area contributed by atoms with Crippen molar-refractivity contribution in [2.75, 3.05) is 48.6 Å². The van der Waals surface area contributed by atoms with Gasteiger partial charge in [-0.25, -0.2) is 0 Å². The summed E-state index contributed by atoms with van der Waals surface area (Å²) in [5.74, 6) is 1.54. The third-order valence-corrected chi connectivity index (χ3v) is 4.42. The van der Waals surface area contributed by atoms with E-state index >= 15 is 0 Å². The van der Waals surface area contributed by atoms with Crippen molar-refractivity contribution >= 4 is 6.29 Å². The van der Waals surface area contributed by atoms with Gasteiger partial charge < -0.3 is 24.2 Å². The average Bonchev–Trinajstić information content (AvgIpc) is 3.25. The van der Waals surface area contributed by atoms with Gasteiger partial charge in [-0.3, -0.25) is 4.79 Å².